The molecule has 1 amide bonds. The molecular formula is C17H14Cl2F3NO3. The van der Waals surface area contributed by atoms with Crippen molar-refractivity contribution in [2.45, 2.75) is 19.6 Å². The molecule has 0 spiro atoms. The van der Waals surface area contributed by atoms with Crippen LogP contribution < -0.4 is 14.8 Å². The highest BCUT2D eigenvalue weighted by Crippen LogP contribution is 2.33. The SMILES string of the molecule is COc1cccc(C(=O)N[C@@H](C)c2cc(F)c(Cl)cc2Cl)c1OC(F)F. The number of halogens is 5. The summed E-state index contributed by atoms with van der Waals surface area (Å²) in [5.74, 6) is -1.85. The van der Waals surface area contributed by atoms with Crippen LogP contribution in [0.3, 0.4) is 0 Å². The number of para-hydroxylation sites is 1. The second-order valence-corrected chi connectivity index (χ2v) is 6.01. The zero-order valence-electron chi connectivity index (χ0n) is 13.7. The van der Waals surface area contributed by atoms with Crippen LogP contribution in [0.5, 0.6) is 11.5 Å². The summed E-state index contributed by atoms with van der Waals surface area (Å²) in [6, 6.07) is 5.71. The predicted molar refractivity (Wildman–Crippen MR) is 91.9 cm³/mol. The molecule has 0 unspecified atom stereocenters. The fourth-order valence-electron chi connectivity index (χ4n) is 2.29. The lowest BCUT2D eigenvalue weighted by Gasteiger charge is -2.18. The van der Waals surface area contributed by atoms with Crippen LogP contribution in [-0.4, -0.2) is 19.6 Å². The van der Waals surface area contributed by atoms with Crippen molar-refractivity contribution in [3.63, 3.8) is 0 Å². The van der Waals surface area contributed by atoms with Crippen molar-refractivity contribution in [2.24, 2.45) is 0 Å². The number of rotatable bonds is 6. The lowest BCUT2D eigenvalue weighted by molar-refractivity contribution is -0.0515. The summed E-state index contributed by atoms with van der Waals surface area (Å²) in [6.45, 7) is -1.59. The average Bonchev–Trinajstić information content (AvgIpc) is 2.57. The average molecular weight is 408 g/mol. The first-order chi connectivity index (χ1) is 12.2. The maximum absolute atomic E-state index is 13.7. The molecule has 140 valence electrons. The number of ether oxygens (including phenoxy) is 2. The Morgan fingerprint density at radius 3 is 2.50 bits per heavy atom. The van der Waals surface area contributed by atoms with Crippen LogP contribution in [0, 0.1) is 5.82 Å². The van der Waals surface area contributed by atoms with Crippen LogP contribution in [0.4, 0.5) is 13.2 Å². The third-order valence-electron chi connectivity index (χ3n) is 3.50. The normalized spacial score (nSPS) is 12.0. The third kappa shape index (κ3) is 4.53. The first-order valence-electron chi connectivity index (χ1n) is 7.31. The number of hydrogen-bond acceptors (Lipinski definition) is 3. The van der Waals surface area contributed by atoms with Gasteiger partial charge in [-0.1, -0.05) is 29.3 Å². The Morgan fingerprint density at radius 1 is 1.19 bits per heavy atom. The van der Waals surface area contributed by atoms with Gasteiger partial charge in [-0.25, -0.2) is 4.39 Å². The number of methoxy groups -OCH3 is 1. The smallest absolute Gasteiger partial charge is 0.387 e. The van der Waals surface area contributed by atoms with Crippen molar-refractivity contribution in [1.82, 2.24) is 5.32 Å². The van der Waals surface area contributed by atoms with E-state index < -0.39 is 30.1 Å². The van der Waals surface area contributed by atoms with Gasteiger partial charge in [-0.05, 0) is 36.8 Å². The summed E-state index contributed by atoms with van der Waals surface area (Å²) in [4.78, 5) is 12.5. The number of benzene rings is 2. The Balaban J connectivity index is 2.31. The van der Waals surface area contributed by atoms with Crippen LogP contribution in [0.2, 0.25) is 10.0 Å². The lowest BCUT2D eigenvalue weighted by atomic mass is 10.1. The van der Waals surface area contributed by atoms with Gasteiger partial charge in [-0.2, -0.15) is 8.78 Å². The number of carbonyl (C=O) groups is 1. The molecular weight excluding hydrogens is 394 g/mol. The van der Waals surface area contributed by atoms with Gasteiger partial charge in [0.25, 0.3) is 5.91 Å². The zero-order chi connectivity index (χ0) is 19.4. The minimum atomic E-state index is -3.14. The largest absolute Gasteiger partial charge is 0.493 e. The Labute approximate surface area is 157 Å². The molecule has 0 fully saturated rings. The number of hydrogen-bond donors (Lipinski definition) is 1. The molecule has 2 aromatic carbocycles. The number of amides is 1. The summed E-state index contributed by atoms with van der Waals surface area (Å²) >= 11 is 11.7. The van der Waals surface area contributed by atoms with Gasteiger partial charge in [0.2, 0.25) is 0 Å². The van der Waals surface area contributed by atoms with Crippen molar-refractivity contribution >= 4 is 29.1 Å². The van der Waals surface area contributed by atoms with Crippen molar-refractivity contribution in [3.8, 4) is 11.5 Å². The van der Waals surface area contributed by atoms with Gasteiger partial charge in [-0.15, -0.1) is 0 Å². The van der Waals surface area contributed by atoms with Crippen molar-refractivity contribution in [3.05, 3.63) is 57.3 Å². The third-order valence-corrected chi connectivity index (χ3v) is 4.12. The van der Waals surface area contributed by atoms with E-state index in [9.17, 15) is 18.0 Å². The van der Waals surface area contributed by atoms with Crippen LogP contribution in [0.15, 0.2) is 30.3 Å². The molecule has 2 aromatic rings. The molecule has 0 aromatic heterocycles. The summed E-state index contributed by atoms with van der Waals surface area (Å²) in [6.07, 6.45) is 0. The Kier molecular flexibility index (Phi) is 6.61. The molecule has 1 atom stereocenters. The molecule has 0 aliphatic heterocycles. The highest BCUT2D eigenvalue weighted by Gasteiger charge is 2.22. The van der Waals surface area contributed by atoms with Crippen molar-refractivity contribution in [2.75, 3.05) is 7.11 Å². The van der Waals surface area contributed by atoms with Gasteiger partial charge in [0, 0.05) is 5.02 Å². The van der Waals surface area contributed by atoms with Crippen LogP contribution in [0.1, 0.15) is 28.9 Å². The Morgan fingerprint density at radius 2 is 1.88 bits per heavy atom. The molecule has 0 aliphatic carbocycles. The first kappa shape index (κ1) is 20.2. The van der Waals surface area contributed by atoms with E-state index in [2.05, 4.69) is 10.1 Å². The molecule has 0 heterocycles. The standard InChI is InChI=1S/C17H14Cl2F3NO3/c1-8(10-6-13(20)12(19)7-11(10)18)23-16(24)9-4-3-5-14(25-2)15(9)26-17(21)22/h3-8,17H,1-2H3,(H,23,24)/t8-/m0/s1. The molecule has 1 N–H and O–H groups in total. The highest BCUT2D eigenvalue weighted by molar-refractivity contribution is 6.35. The van der Waals surface area contributed by atoms with E-state index in [0.717, 1.165) is 6.07 Å². The number of carbonyl (C=O) groups excluding carboxylic acids is 1. The molecule has 0 saturated carbocycles. The molecule has 0 aliphatic rings. The van der Waals surface area contributed by atoms with Crippen LogP contribution in [-0.2, 0) is 0 Å². The number of nitrogens with one attached hydrogen (secondary N) is 1. The van der Waals surface area contributed by atoms with E-state index >= 15 is 0 Å². The molecule has 26 heavy (non-hydrogen) atoms. The molecule has 9 heteroatoms. The monoisotopic (exact) mass is 407 g/mol. The Hall–Kier alpha value is -2.12. The summed E-state index contributed by atoms with van der Waals surface area (Å²) in [5, 5.41) is 2.55. The van der Waals surface area contributed by atoms with E-state index in [0.29, 0.717) is 0 Å². The van der Waals surface area contributed by atoms with E-state index in [4.69, 9.17) is 27.9 Å². The molecule has 0 saturated heterocycles. The van der Waals surface area contributed by atoms with Gasteiger partial charge in [0.1, 0.15) is 5.82 Å². The Bertz CT molecular complexity index is 818. The second kappa shape index (κ2) is 8.51. The van der Waals surface area contributed by atoms with Crippen LogP contribution in [0.25, 0.3) is 0 Å². The summed E-state index contributed by atoms with van der Waals surface area (Å²) in [5.41, 5.74) is 0.114. The quantitative estimate of drug-likeness (QED) is 0.666. The fourth-order valence-corrected chi connectivity index (χ4v) is 2.83. The molecule has 4 nitrogen and oxygen atoms in total. The van der Waals surface area contributed by atoms with Gasteiger partial charge >= 0.3 is 6.61 Å². The van der Waals surface area contributed by atoms with E-state index in [1.54, 1.807) is 6.92 Å². The summed E-state index contributed by atoms with van der Waals surface area (Å²) in [7, 11) is 1.26. The van der Waals surface area contributed by atoms with E-state index in [1.807, 2.05) is 0 Å². The minimum absolute atomic E-state index is 0.0267. The van der Waals surface area contributed by atoms with Gasteiger partial charge < -0.3 is 14.8 Å². The van der Waals surface area contributed by atoms with Crippen molar-refractivity contribution in [1.29, 1.82) is 0 Å². The maximum Gasteiger partial charge on any atom is 0.387 e. The molecule has 0 bridgehead atoms. The van der Waals surface area contributed by atoms with Crippen LogP contribution >= 0.6 is 23.2 Å². The fraction of sp³-hybridized carbons (Fsp3) is 0.235. The van der Waals surface area contributed by atoms with Gasteiger partial charge in [0.15, 0.2) is 11.5 Å². The minimum Gasteiger partial charge on any atom is -0.493 e. The topological polar surface area (TPSA) is 47.6 Å². The van der Waals surface area contributed by atoms with Gasteiger partial charge in [0.05, 0.1) is 23.7 Å². The molecule has 0 radical (unpaired) electrons. The lowest BCUT2D eigenvalue weighted by Crippen LogP contribution is -2.27. The highest BCUT2D eigenvalue weighted by atomic mass is 35.5. The summed E-state index contributed by atoms with van der Waals surface area (Å²) < 4.78 is 48.3. The molecule has 2 rings (SSSR count). The van der Waals surface area contributed by atoms with Gasteiger partial charge in [-0.3, -0.25) is 4.79 Å². The zero-order valence-corrected chi connectivity index (χ0v) is 15.2. The predicted octanol–water partition coefficient (Wildman–Crippen LogP) is 5.23. The number of alkyl halides is 2. The van der Waals surface area contributed by atoms with E-state index in [1.165, 1.54) is 31.4 Å². The van der Waals surface area contributed by atoms with Crippen molar-refractivity contribution < 1.29 is 27.4 Å². The first-order valence-corrected chi connectivity index (χ1v) is 8.07. The second-order valence-electron chi connectivity index (χ2n) is 5.20. The maximum atomic E-state index is 13.7. The van der Waals surface area contributed by atoms with E-state index in [-0.39, 0.29) is 26.9 Å².